The maximum atomic E-state index is 13.4. The van der Waals surface area contributed by atoms with Crippen molar-refractivity contribution in [3.05, 3.63) is 78.9 Å². The molecule has 0 aliphatic carbocycles. The molecule has 3 aromatic heterocycles. The lowest BCUT2D eigenvalue weighted by atomic mass is 10.1. The Morgan fingerprint density at radius 1 is 1.03 bits per heavy atom. The first-order chi connectivity index (χ1) is 14.4. The van der Waals surface area contributed by atoms with Gasteiger partial charge < -0.3 is 5.32 Å². The zero-order chi connectivity index (χ0) is 21.1. The molecule has 0 saturated heterocycles. The van der Waals surface area contributed by atoms with Crippen molar-refractivity contribution in [3.63, 3.8) is 0 Å². The van der Waals surface area contributed by atoms with Crippen LogP contribution in [0.5, 0.6) is 0 Å². The highest BCUT2D eigenvalue weighted by Gasteiger charge is 2.41. The summed E-state index contributed by atoms with van der Waals surface area (Å²) in [7, 11) is 0. The lowest BCUT2D eigenvalue weighted by molar-refractivity contribution is -0.154. The summed E-state index contributed by atoms with van der Waals surface area (Å²) < 4.78 is 41.9. The highest BCUT2D eigenvalue weighted by atomic mass is 19.4. The second-order valence-corrected chi connectivity index (χ2v) is 6.37. The SMILES string of the molecule is O=C(Nc1cc2cnn(-c3ccncc3)c2cn1)N[C@@H](c1ccccc1)C(F)(F)F. The van der Waals surface area contributed by atoms with Crippen LogP contribution in [-0.2, 0) is 0 Å². The van der Waals surface area contributed by atoms with Gasteiger partial charge in [0.05, 0.1) is 23.6 Å². The fourth-order valence-corrected chi connectivity index (χ4v) is 2.97. The van der Waals surface area contributed by atoms with Gasteiger partial charge in [-0.3, -0.25) is 10.3 Å². The largest absolute Gasteiger partial charge is 0.412 e. The quantitative estimate of drug-likeness (QED) is 0.525. The number of urea groups is 1. The first-order valence-corrected chi connectivity index (χ1v) is 8.85. The molecule has 0 saturated carbocycles. The number of carbonyl (C=O) groups is 1. The van der Waals surface area contributed by atoms with Crippen LogP contribution in [0.15, 0.2) is 73.3 Å². The number of nitrogens with zero attached hydrogens (tertiary/aromatic N) is 4. The smallest absolute Gasteiger partial charge is 0.322 e. The molecule has 7 nitrogen and oxygen atoms in total. The summed E-state index contributed by atoms with van der Waals surface area (Å²) >= 11 is 0. The number of pyridine rings is 2. The van der Waals surface area contributed by atoms with Crippen molar-refractivity contribution >= 4 is 22.8 Å². The van der Waals surface area contributed by atoms with Crippen LogP contribution in [0.3, 0.4) is 0 Å². The van der Waals surface area contributed by atoms with E-state index in [2.05, 4.69) is 20.4 Å². The van der Waals surface area contributed by atoms with Gasteiger partial charge in [-0.25, -0.2) is 14.5 Å². The second-order valence-electron chi connectivity index (χ2n) is 6.37. The zero-order valence-corrected chi connectivity index (χ0v) is 15.3. The number of fused-ring (bicyclic) bond motifs is 1. The van der Waals surface area contributed by atoms with Gasteiger partial charge in [-0.15, -0.1) is 0 Å². The van der Waals surface area contributed by atoms with Crippen LogP contribution in [0.25, 0.3) is 16.6 Å². The third-order valence-corrected chi connectivity index (χ3v) is 4.34. The zero-order valence-electron chi connectivity index (χ0n) is 15.3. The third kappa shape index (κ3) is 4.07. The van der Waals surface area contributed by atoms with Crippen LogP contribution in [-0.4, -0.2) is 32.0 Å². The monoisotopic (exact) mass is 412 g/mol. The molecule has 0 unspecified atom stereocenters. The molecule has 1 atom stereocenters. The van der Waals surface area contributed by atoms with Gasteiger partial charge in [-0.2, -0.15) is 18.3 Å². The van der Waals surface area contributed by atoms with Crippen LogP contribution in [0.4, 0.5) is 23.8 Å². The fraction of sp³-hybridized carbons (Fsp3) is 0.100. The van der Waals surface area contributed by atoms with Crippen LogP contribution < -0.4 is 10.6 Å². The maximum absolute atomic E-state index is 13.4. The highest BCUT2D eigenvalue weighted by Crippen LogP contribution is 2.32. The number of carbonyl (C=O) groups excluding carboxylic acids is 1. The van der Waals surface area contributed by atoms with Crippen LogP contribution in [0.2, 0.25) is 0 Å². The van der Waals surface area contributed by atoms with E-state index in [9.17, 15) is 18.0 Å². The maximum Gasteiger partial charge on any atom is 0.412 e. The van der Waals surface area contributed by atoms with E-state index in [-0.39, 0.29) is 11.4 Å². The Kier molecular flexibility index (Phi) is 5.05. The first kappa shape index (κ1) is 19.4. The summed E-state index contributed by atoms with van der Waals surface area (Å²) in [5, 5.41) is 9.24. The minimum Gasteiger partial charge on any atom is -0.322 e. The Balaban J connectivity index is 1.53. The molecule has 1 aromatic carbocycles. The lowest BCUT2D eigenvalue weighted by Gasteiger charge is -2.22. The number of rotatable bonds is 4. The second kappa shape index (κ2) is 7.82. The van der Waals surface area contributed by atoms with Crippen LogP contribution in [0, 0.1) is 0 Å². The predicted octanol–water partition coefficient (Wildman–Crippen LogP) is 4.24. The molecule has 4 aromatic rings. The van der Waals surface area contributed by atoms with Crippen molar-refractivity contribution in [2.24, 2.45) is 0 Å². The van der Waals surface area contributed by atoms with Crippen molar-refractivity contribution in [3.8, 4) is 5.69 Å². The standard InChI is InChI=1S/C20H15F3N6O/c21-20(22,23)18(13-4-2-1-3-5-13)28-19(30)27-17-10-14-11-26-29(16(14)12-25-17)15-6-8-24-9-7-15/h1-12,18H,(H2,25,27,28,30)/t18-/m0/s1. The van der Waals surface area contributed by atoms with Crippen molar-refractivity contribution in [2.75, 3.05) is 5.32 Å². The number of aromatic nitrogens is 4. The van der Waals surface area contributed by atoms with E-state index in [1.54, 1.807) is 41.5 Å². The van der Waals surface area contributed by atoms with Crippen molar-refractivity contribution < 1.29 is 18.0 Å². The van der Waals surface area contributed by atoms with E-state index in [0.29, 0.717) is 10.9 Å². The van der Waals surface area contributed by atoms with Gasteiger partial charge in [0.2, 0.25) is 0 Å². The Morgan fingerprint density at radius 2 is 1.77 bits per heavy atom. The summed E-state index contributed by atoms with van der Waals surface area (Å²) in [4.78, 5) is 20.3. The molecule has 0 aliphatic rings. The molecule has 30 heavy (non-hydrogen) atoms. The van der Waals surface area contributed by atoms with Gasteiger partial charge in [0, 0.05) is 17.8 Å². The number of benzene rings is 1. The molecule has 2 N–H and O–H groups in total. The number of hydrogen-bond donors (Lipinski definition) is 2. The number of hydrogen-bond acceptors (Lipinski definition) is 4. The van der Waals surface area contributed by atoms with E-state index < -0.39 is 18.2 Å². The summed E-state index contributed by atoms with van der Waals surface area (Å²) in [5.74, 6) is 0.100. The number of halogens is 3. The Labute approximate surface area is 168 Å². The Morgan fingerprint density at radius 3 is 2.47 bits per heavy atom. The third-order valence-electron chi connectivity index (χ3n) is 4.34. The van der Waals surface area contributed by atoms with Crippen LogP contribution >= 0.6 is 0 Å². The number of alkyl halides is 3. The van der Waals surface area contributed by atoms with E-state index in [0.717, 1.165) is 5.69 Å². The molecule has 0 bridgehead atoms. The fourth-order valence-electron chi connectivity index (χ4n) is 2.97. The molecule has 0 aliphatic heterocycles. The first-order valence-electron chi connectivity index (χ1n) is 8.85. The van der Waals surface area contributed by atoms with Crippen LogP contribution in [0.1, 0.15) is 11.6 Å². The normalized spacial score (nSPS) is 12.5. The molecule has 2 amide bonds. The van der Waals surface area contributed by atoms with Gasteiger partial charge in [-0.1, -0.05) is 30.3 Å². The molecule has 0 radical (unpaired) electrons. The summed E-state index contributed by atoms with van der Waals surface area (Å²) in [6.07, 6.45) is 1.66. The van der Waals surface area contributed by atoms with E-state index in [4.69, 9.17) is 0 Å². The van der Waals surface area contributed by atoms with Gasteiger partial charge in [0.25, 0.3) is 0 Å². The van der Waals surface area contributed by atoms with Crippen molar-refractivity contribution in [1.29, 1.82) is 0 Å². The van der Waals surface area contributed by atoms with Gasteiger partial charge in [0.15, 0.2) is 6.04 Å². The lowest BCUT2D eigenvalue weighted by Crippen LogP contribution is -2.40. The average molecular weight is 412 g/mol. The van der Waals surface area contributed by atoms with E-state index >= 15 is 0 Å². The molecule has 3 heterocycles. The number of anilines is 1. The molecule has 10 heteroatoms. The van der Waals surface area contributed by atoms with E-state index in [1.807, 2.05) is 5.32 Å². The molecule has 4 rings (SSSR count). The van der Waals surface area contributed by atoms with E-state index in [1.165, 1.54) is 36.5 Å². The molecule has 0 fully saturated rings. The number of nitrogens with one attached hydrogen (secondary N) is 2. The van der Waals surface area contributed by atoms with Gasteiger partial charge in [-0.05, 0) is 23.8 Å². The predicted molar refractivity (Wildman–Crippen MR) is 104 cm³/mol. The average Bonchev–Trinajstić information content (AvgIpc) is 3.16. The minimum absolute atomic E-state index is 0.0674. The summed E-state index contributed by atoms with van der Waals surface area (Å²) in [5.41, 5.74) is 1.38. The number of amides is 2. The molecule has 152 valence electrons. The van der Waals surface area contributed by atoms with Gasteiger partial charge in [0.1, 0.15) is 5.82 Å². The van der Waals surface area contributed by atoms with Gasteiger partial charge >= 0.3 is 12.2 Å². The molecular formula is C20H15F3N6O. The molecular weight excluding hydrogens is 397 g/mol. The summed E-state index contributed by atoms with van der Waals surface area (Å²) in [6.45, 7) is 0. The summed E-state index contributed by atoms with van der Waals surface area (Å²) in [6, 6.07) is 9.07. The highest BCUT2D eigenvalue weighted by molar-refractivity contribution is 5.91. The Hall–Kier alpha value is -3.95. The van der Waals surface area contributed by atoms with Crippen molar-refractivity contribution in [1.82, 2.24) is 25.1 Å². The topological polar surface area (TPSA) is 84.7 Å². The van der Waals surface area contributed by atoms with Crippen molar-refractivity contribution in [2.45, 2.75) is 12.2 Å². The molecule has 0 spiro atoms. The minimum atomic E-state index is -4.65. The Bertz CT molecular complexity index is 1160.